The number of carbonyl (C=O) groups is 1. The Morgan fingerprint density at radius 2 is 2.00 bits per heavy atom. The number of hydrogen-bond acceptors (Lipinski definition) is 4. The molecule has 1 aromatic rings. The number of hydrogen-bond donors (Lipinski definition) is 0. The predicted octanol–water partition coefficient (Wildman–Crippen LogP) is 1.12. The summed E-state index contributed by atoms with van der Waals surface area (Å²) in [6.07, 6.45) is 2.32. The molecular weight excluding hydrogens is 289 g/mol. The molecule has 1 aromatic carbocycles. The van der Waals surface area contributed by atoms with Crippen LogP contribution in [-0.2, 0) is 4.65 Å². The molecule has 5 nitrogen and oxygen atoms in total. The highest BCUT2D eigenvalue weighted by atomic mass is 16.4. The normalized spacial score (nSPS) is 23.2. The molecule has 2 fully saturated rings. The lowest BCUT2D eigenvalue weighted by Gasteiger charge is -2.32. The van der Waals surface area contributed by atoms with Crippen molar-refractivity contribution < 1.29 is 9.45 Å². The largest absolute Gasteiger partial charge is 0.427 e. The van der Waals surface area contributed by atoms with Crippen molar-refractivity contribution in [2.24, 2.45) is 0 Å². The minimum atomic E-state index is 0.163. The van der Waals surface area contributed by atoms with Gasteiger partial charge in [-0.3, -0.25) is 4.79 Å². The summed E-state index contributed by atoms with van der Waals surface area (Å²) in [4.78, 5) is 19.3. The molecule has 1 unspecified atom stereocenters. The third kappa shape index (κ3) is 3.76. The Labute approximate surface area is 139 Å². The molecular formula is C17H26BN3O2. The molecule has 2 aliphatic heterocycles. The van der Waals surface area contributed by atoms with Crippen LogP contribution in [0, 0.1) is 0 Å². The fraction of sp³-hybridized carbons (Fsp3) is 0.588. The van der Waals surface area contributed by atoms with E-state index >= 15 is 0 Å². The topological polar surface area (TPSA) is 36.0 Å². The highest BCUT2D eigenvalue weighted by molar-refractivity contribution is 6.23. The van der Waals surface area contributed by atoms with Crippen LogP contribution in [0.3, 0.4) is 0 Å². The van der Waals surface area contributed by atoms with E-state index in [0.717, 1.165) is 44.7 Å². The van der Waals surface area contributed by atoms with E-state index in [-0.39, 0.29) is 5.91 Å². The van der Waals surface area contributed by atoms with Gasteiger partial charge in [0.1, 0.15) is 0 Å². The van der Waals surface area contributed by atoms with Crippen LogP contribution >= 0.6 is 0 Å². The lowest BCUT2D eigenvalue weighted by atomic mass is 9.98. The third-order valence-corrected chi connectivity index (χ3v) is 4.97. The first-order valence-corrected chi connectivity index (χ1v) is 8.50. The number of carbonyl (C=O) groups excluding carboxylic acids is 1. The van der Waals surface area contributed by atoms with E-state index in [1.165, 1.54) is 12.0 Å². The molecule has 23 heavy (non-hydrogen) atoms. The van der Waals surface area contributed by atoms with Gasteiger partial charge in [-0.05, 0) is 44.1 Å². The lowest BCUT2D eigenvalue weighted by molar-refractivity contribution is 0.0664. The third-order valence-electron chi connectivity index (χ3n) is 4.97. The second-order valence-electron chi connectivity index (χ2n) is 6.61. The average Bonchev–Trinajstić information content (AvgIpc) is 3.04. The van der Waals surface area contributed by atoms with Crippen molar-refractivity contribution in [1.29, 1.82) is 0 Å². The Hall–Kier alpha value is -1.37. The maximum atomic E-state index is 12.7. The fourth-order valence-corrected chi connectivity index (χ4v) is 3.60. The SMILES string of the molecule is COBN1CCCC1c1cccc(C(=O)N2CCN(C)CC2)c1. The monoisotopic (exact) mass is 315 g/mol. The van der Waals surface area contributed by atoms with E-state index in [2.05, 4.69) is 28.9 Å². The van der Waals surface area contributed by atoms with Gasteiger partial charge in [0, 0.05) is 44.9 Å². The predicted molar refractivity (Wildman–Crippen MR) is 92.7 cm³/mol. The van der Waals surface area contributed by atoms with Crippen LogP contribution in [0.5, 0.6) is 0 Å². The van der Waals surface area contributed by atoms with Gasteiger partial charge in [0.05, 0.1) is 0 Å². The highest BCUT2D eigenvalue weighted by Crippen LogP contribution is 2.31. The fourth-order valence-electron chi connectivity index (χ4n) is 3.60. The Morgan fingerprint density at radius 3 is 2.74 bits per heavy atom. The van der Waals surface area contributed by atoms with E-state index in [1.54, 1.807) is 7.11 Å². The van der Waals surface area contributed by atoms with Gasteiger partial charge in [-0.1, -0.05) is 12.1 Å². The van der Waals surface area contributed by atoms with Crippen LogP contribution < -0.4 is 0 Å². The molecule has 0 radical (unpaired) electrons. The van der Waals surface area contributed by atoms with Gasteiger partial charge >= 0.3 is 7.62 Å². The van der Waals surface area contributed by atoms with Crippen LogP contribution in [0.15, 0.2) is 24.3 Å². The zero-order chi connectivity index (χ0) is 16.2. The summed E-state index contributed by atoms with van der Waals surface area (Å²) < 4.78 is 5.31. The van der Waals surface area contributed by atoms with Crippen LogP contribution in [0.2, 0.25) is 0 Å². The summed E-state index contributed by atoms with van der Waals surface area (Å²) in [5.41, 5.74) is 2.05. The van der Waals surface area contributed by atoms with Crippen molar-refractivity contribution in [3.05, 3.63) is 35.4 Å². The summed E-state index contributed by atoms with van der Waals surface area (Å²) in [6.45, 7) is 4.61. The van der Waals surface area contributed by atoms with Gasteiger partial charge in [0.15, 0.2) is 0 Å². The maximum Gasteiger partial charge on any atom is 0.363 e. The number of nitrogens with zero attached hydrogens (tertiary/aromatic N) is 3. The zero-order valence-electron chi connectivity index (χ0n) is 14.2. The van der Waals surface area contributed by atoms with Gasteiger partial charge in [-0.2, -0.15) is 0 Å². The molecule has 2 aliphatic rings. The van der Waals surface area contributed by atoms with E-state index in [4.69, 9.17) is 4.65 Å². The van der Waals surface area contributed by atoms with Crippen molar-refractivity contribution in [2.75, 3.05) is 46.9 Å². The number of benzene rings is 1. The summed E-state index contributed by atoms with van der Waals surface area (Å²) in [6, 6.07) is 8.55. The van der Waals surface area contributed by atoms with Crippen molar-refractivity contribution in [3.8, 4) is 0 Å². The smallest absolute Gasteiger partial charge is 0.363 e. The summed E-state index contributed by atoms with van der Waals surface area (Å²) >= 11 is 0. The van der Waals surface area contributed by atoms with Crippen molar-refractivity contribution >= 4 is 13.5 Å². The van der Waals surface area contributed by atoms with Crippen LogP contribution in [-0.4, -0.2) is 75.0 Å². The van der Waals surface area contributed by atoms with Gasteiger partial charge in [0.25, 0.3) is 5.91 Å². The van der Waals surface area contributed by atoms with Gasteiger partial charge in [-0.15, -0.1) is 0 Å². The molecule has 0 aromatic heterocycles. The quantitative estimate of drug-likeness (QED) is 0.780. The summed E-state index contributed by atoms with van der Waals surface area (Å²) in [5, 5.41) is 0. The van der Waals surface area contributed by atoms with Crippen molar-refractivity contribution in [3.63, 3.8) is 0 Å². The molecule has 2 saturated heterocycles. The standard InChI is InChI=1S/C17H26BN3O2/c1-19-9-11-20(12-10-19)17(22)15-6-3-5-14(13-15)16-7-4-8-21(16)18-23-2/h3,5-6,13,16,18H,4,7-12H2,1-2H3. The van der Waals surface area contributed by atoms with Crippen molar-refractivity contribution in [1.82, 2.24) is 14.6 Å². The average molecular weight is 315 g/mol. The molecule has 3 rings (SSSR count). The van der Waals surface area contributed by atoms with E-state index < -0.39 is 0 Å². The van der Waals surface area contributed by atoms with Crippen LogP contribution in [0.25, 0.3) is 0 Å². The van der Waals surface area contributed by atoms with E-state index in [1.807, 2.05) is 17.0 Å². The van der Waals surface area contributed by atoms with E-state index in [0.29, 0.717) is 13.7 Å². The first-order chi connectivity index (χ1) is 11.2. The first kappa shape index (κ1) is 16.5. The number of amides is 1. The minimum absolute atomic E-state index is 0.163. The van der Waals surface area contributed by atoms with Crippen LogP contribution in [0.4, 0.5) is 0 Å². The molecule has 1 atom stereocenters. The van der Waals surface area contributed by atoms with E-state index in [9.17, 15) is 4.79 Å². The Morgan fingerprint density at radius 1 is 1.22 bits per heavy atom. The molecule has 0 aliphatic carbocycles. The molecule has 124 valence electrons. The second kappa shape index (κ2) is 7.47. The summed E-state index contributed by atoms with van der Waals surface area (Å²) in [7, 11) is 4.50. The Kier molecular flexibility index (Phi) is 5.36. The second-order valence-corrected chi connectivity index (χ2v) is 6.61. The first-order valence-electron chi connectivity index (χ1n) is 8.50. The molecule has 1 amide bonds. The molecule has 0 bridgehead atoms. The summed E-state index contributed by atoms with van der Waals surface area (Å²) in [5.74, 6) is 0.163. The molecule has 0 saturated carbocycles. The lowest BCUT2D eigenvalue weighted by Crippen LogP contribution is -2.47. The maximum absolute atomic E-state index is 12.7. The van der Waals surface area contributed by atoms with Crippen molar-refractivity contribution in [2.45, 2.75) is 18.9 Å². The number of rotatable bonds is 4. The van der Waals surface area contributed by atoms with Gasteiger partial charge < -0.3 is 19.3 Å². The van der Waals surface area contributed by atoms with Gasteiger partial charge in [-0.25, -0.2) is 0 Å². The van der Waals surface area contributed by atoms with Gasteiger partial charge in [0.2, 0.25) is 0 Å². The minimum Gasteiger partial charge on any atom is -0.427 e. The number of piperazine rings is 1. The Balaban J connectivity index is 1.73. The molecule has 6 heteroatoms. The molecule has 2 heterocycles. The Bertz CT molecular complexity index is 546. The molecule has 0 N–H and O–H groups in total. The van der Waals surface area contributed by atoms with Crippen LogP contribution in [0.1, 0.15) is 34.8 Å². The number of likely N-dealkylation sites (N-methyl/N-ethyl adjacent to an activating group) is 1. The molecule has 0 spiro atoms. The highest BCUT2D eigenvalue weighted by Gasteiger charge is 2.27. The zero-order valence-corrected chi connectivity index (χ0v) is 14.2.